The molecule has 2 N–H and O–H groups in total. The molecule has 6 heteroatoms. The van der Waals surface area contributed by atoms with Gasteiger partial charge in [0.15, 0.2) is 0 Å². The van der Waals surface area contributed by atoms with Gasteiger partial charge in [0.25, 0.3) is 5.69 Å². The van der Waals surface area contributed by atoms with Crippen LogP contribution >= 0.6 is 0 Å². The van der Waals surface area contributed by atoms with Gasteiger partial charge in [0.05, 0.1) is 17.6 Å². The molecule has 1 atom stereocenters. The highest BCUT2D eigenvalue weighted by Gasteiger charge is 2.22. The maximum atomic E-state index is 10.7. The minimum Gasteiger partial charge on any atom is -0.393 e. The summed E-state index contributed by atoms with van der Waals surface area (Å²) in [5.41, 5.74) is 6.68. The summed E-state index contributed by atoms with van der Waals surface area (Å²) in [5.74, 6) is 0. The van der Waals surface area contributed by atoms with Crippen LogP contribution < -0.4 is 10.6 Å². The van der Waals surface area contributed by atoms with Gasteiger partial charge >= 0.3 is 0 Å². The third kappa shape index (κ3) is 2.31. The van der Waals surface area contributed by atoms with E-state index in [4.69, 9.17) is 10.5 Å². The average molecular weight is 237 g/mol. The first-order chi connectivity index (χ1) is 8.09. The highest BCUT2D eigenvalue weighted by Crippen LogP contribution is 2.28. The van der Waals surface area contributed by atoms with Gasteiger partial charge < -0.3 is 15.4 Å². The van der Waals surface area contributed by atoms with Gasteiger partial charge in [0, 0.05) is 25.4 Å². The monoisotopic (exact) mass is 237 g/mol. The van der Waals surface area contributed by atoms with Gasteiger partial charge in [-0.3, -0.25) is 10.1 Å². The number of nitrogen functional groups attached to an aromatic ring is 1. The minimum atomic E-state index is -0.474. The van der Waals surface area contributed by atoms with E-state index < -0.39 is 4.92 Å². The van der Waals surface area contributed by atoms with Crippen LogP contribution in [0.1, 0.15) is 6.42 Å². The van der Waals surface area contributed by atoms with Crippen LogP contribution in [0, 0.1) is 10.1 Å². The SMILES string of the molecule is CN(c1ccc([N+](=O)[O-])c(N)c1)C1CCOC1. The van der Waals surface area contributed by atoms with E-state index in [0.717, 1.165) is 18.7 Å². The number of anilines is 2. The zero-order chi connectivity index (χ0) is 12.4. The van der Waals surface area contributed by atoms with Gasteiger partial charge in [0.2, 0.25) is 0 Å². The molecule has 92 valence electrons. The van der Waals surface area contributed by atoms with Crippen molar-refractivity contribution in [2.24, 2.45) is 0 Å². The topological polar surface area (TPSA) is 81.6 Å². The van der Waals surface area contributed by atoms with E-state index in [0.29, 0.717) is 12.6 Å². The van der Waals surface area contributed by atoms with Gasteiger partial charge in [0.1, 0.15) is 5.69 Å². The van der Waals surface area contributed by atoms with Gasteiger partial charge in [-0.05, 0) is 18.6 Å². The average Bonchev–Trinajstić information content (AvgIpc) is 2.80. The number of hydrogen-bond donors (Lipinski definition) is 1. The molecule has 1 aromatic carbocycles. The number of nitrogens with two attached hydrogens (primary N) is 1. The summed E-state index contributed by atoms with van der Waals surface area (Å²) in [5, 5.41) is 10.7. The summed E-state index contributed by atoms with van der Waals surface area (Å²) in [6.07, 6.45) is 0.966. The molecular weight excluding hydrogens is 222 g/mol. The number of nitrogens with zero attached hydrogens (tertiary/aromatic N) is 2. The Morgan fingerprint density at radius 2 is 2.35 bits per heavy atom. The lowest BCUT2D eigenvalue weighted by molar-refractivity contribution is -0.383. The first kappa shape index (κ1) is 11.7. The number of nitro benzene ring substituents is 1. The lowest BCUT2D eigenvalue weighted by atomic mass is 10.2. The number of hydrogen-bond acceptors (Lipinski definition) is 5. The van der Waals surface area contributed by atoms with E-state index in [2.05, 4.69) is 0 Å². The summed E-state index contributed by atoms with van der Waals surface area (Å²) in [6.45, 7) is 1.45. The fraction of sp³-hybridized carbons (Fsp3) is 0.455. The number of benzene rings is 1. The highest BCUT2D eigenvalue weighted by atomic mass is 16.6. The van der Waals surface area contributed by atoms with Crippen molar-refractivity contribution in [1.82, 2.24) is 0 Å². The van der Waals surface area contributed by atoms with Crippen molar-refractivity contribution < 1.29 is 9.66 Å². The molecule has 0 saturated carbocycles. The maximum Gasteiger partial charge on any atom is 0.292 e. The fourth-order valence-electron chi connectivity index (χ4n) is 1.97. The zero-order valence-electron chi connectivity index (χ0n) is 9.63. The quantitative estimate of drug-likeness (QED) is 0.488. The third-order valence-corrected chi connectivity index (χ3v) is 3.07. The second kappa shape index (κ2) is 4.58. The molecule has 1 aliphatic heterocycles. The molecule has 1 saturated heterocycles. The first-order valence-electron chi connectivity index (χ1n) is 5.44. The van der Waals surface area contributed by atoms with Gasteiger partial charge in [-0.1, -0.05) is 0 Å². The van der Waals surface area contributed by atoms with E-state index in [1.54, 1.807) is 12.1 Å². The molecule has 1 fully saturated rings. The van der Waals surface area contributed by atoms with Crippen LogP contribution in [0.25, 0.3) is 0 Å². The Hall–Kier alpha value is -1.82. The van der Waals surface area contributed by atoms with E-state index in [-0.39, 0.29) is 11.4 Å². The van der Waals surface area contributed by atoms with Crippen LogP contribution in [0.4, 0.5) is 17.1 Å². The fourth-order valence-corrected chi connectivity index (χ4v) is 1.97. The largest absolute Gasteiger partial charge is 0.393 e. The van der Waals surface area contributed by atoms with Crippen LogP contribution in [0.5, 0.6) is 0 Å². The molecule has 6 nitrogen and oxygen atoms in total. The smallest absolute Gasteiger partial charge is 0.292 e. The predicted molar refractivity (Wildman–Crippen MR) is 65.1 cm³/mol. The first-order valence-corrected chi connectivity index (χ1v) is 5.44. The van der Waals surface area contributed by atoms with E-state index in [1.807, 2.05) is 11.9 Å². The molecule has 1 aliphatic rings. The molecule has 0 aromatic heterocycles. The Labute approximate surface area is 99.1 Å². The lowest BCUT2D eigenvalue weighted by Gasteiger charge is -2.25. The van der Waals surface area contributed by atoms with Crippen molar-refractivity contribution >= 4 is 17.1 Å². The van der Waals surface area contributed by atoms with Crippen LogP contribution in [-0.2, 0) is 4.74 Å². The number of likely N-dealkylation sites (N-methyl/N-ethyl adjacent to an activating group) is 1. The molecule has 2 rings (SSSR count). The van der Waals surface area contributed by atoms with Crippen molar-refractivity contribution in [3.05, 3.63) is 28.3 Å². The molecule has 17 heavy (non-hydrogen) atoms. The standard InChI is InChI=1S/C11H15N3O3/c1-13(9-4-5-17-7-9)8-2-3-11(14(15)16)10(12)6-8/h2-3,6,9H,4-5,7,12H2,1H3. The van der Waals surface area contributed by atoms with E-state index in [1.165, 1.54) is 6.07 Å². The molecule has 0 bridgehead atoms. The molecule has 1 aromatic rings. The Kier molecular flexibility index (Phi) is 3.14. The van der Waals surface area contributed by atoms with Crippen LogP contribution in [0.2, 0.25) is 0 Å². The molecule has 0 spiro atoms. The second-order valence-electron chi connectivity index (χ2n) is 4.13. The van der Waals surface area contributed by atoms with E-state index >= 15 is 0 Å². The van der Waals surface area contributed by atoms with Gasteiger partial charge in [-0.15, -0.1) is 0 Å². The van der Waals surface area contributed by atoms with Crippen molar-refractivity contribution in [2.45, 2.75) is 12.5 Å². The number of ether oxygens (including phenoxy) is 1. The maximum absolute atomic E-state index is 10.7. The van der Waals surface area contributed by atoms with Crippen molar-refractivity contribution in [2.75, 3.05) is 30.9 Å². The molecule has 0 aliphatic carbocycles. The van der Waals surface area contributed by atoms with Crippen molar-refractivity contribution in [1.29, 1.82) is 0 Å². The van der Waals surface area contributed by atoms with Crippen molar-refractivity contribution in [3.63, 3.8) is 0 Å². The summed E-state index contributed by atoms with van der Waals surface area (Å²) >= 11 is 0. The summed E-state index contributed by atoms with van der Waals surface area (Å²) in [4.78, 5) is 12.2. The molecule has 0 amide bonds. The molecular formula is C11H15N3O3. The Bertz CT molecular complexity index is 430. The van der Waals surface area contributed by atoms with E-state index in [9.17, 15) is 10.1 Å². The van der Waals surface area contributed by atoms with Crippen LogP contribution in [-0.4, -0.2) is 31.2 Å². The van der Waals surface area contributed by atoms with Crippen molar-refractivity contribution in [3.8, 4) is 0 Å². The molecule has 1 unspecified atom stereocenters. The highest BCUT2D eigenvalue weighted by molar-refractivity contribution is 5.66. The second-order valence-corrected chi connectivity index (χ2v) is 4.13. The van der Waals surface area contributed by atoms with Crippen LogP contribution in [0.3, 0.4) is 0 Å². The summed E-state index contributed by atoms with van der Waals surface area (Å²) in [6, 6.07) is 5.11. The number of nitro groups is 1. The summed E-state index contributed by atoms with van der Waals surface area (Å²) in [7, 11) is 1.94. The molecule has 0 radical (unpaired) electrons. The lowest BCUT2D eigenvalue weighted by Crippen LogP contribution is -2.31. The van der Waals surface area contributed by atoms with Crippen LogP contribution in [0.15, 0.2) is 18.2 Å². The predicted octanol–water partition coefficient (Wildman–Crippen LogP) is 1.40. The minimum absolute atomic E-state index is 0.0511. The van der Waals surface area contributed by atoms with Gasteiger partial charge in [-0.2, -0.15) is 0 Å². The molecule has 1 heterocycles. The zero-order valence-corrected chi connectivity index (χ0v) is 9.63. The Balaban J connectivity index is 2.21. The normalized spacial score (nSPS) is 19.2. The third-order valence-electron chi connectivity index (χ3n) is 3.07. The number of rotatable bonds is 3. The Morgan fingerprint density at radius 3 is 2.88 bits per heavy atom. The summed E-state index contributed by atoms with van der Waals surface area (Å²) < 4.78 is 5.31. The van der Waals surface area contributed by atoms with Gasteiger partial charge in [-0.25, -0.2) is 0 Å². The Morgan fingerprint density at radius 1 is 1.59 bits per heavy atom.